The number of rotatable bonds is 5. The zero-order chi connectivity index (χ0) is 22.0. The predicted octanol–water partition coefficient (Wildman–Crippen LogP) is 3.94. The number of methoxy groups -OCH3 is 1. The SMILES string of the molecule is CCN1CCN(C(=O)c2cc(-c3ccc(C)c(C)c3)nn2-c2ccc(OC)cc2)CC1. The summed E-state index contributed by atoms with van der Waals surface area (Å²) in [6.45, 7) is 10.7. The Kier molecular flexibility index (Phi) is 6.09. The quantitative estimate of drug-likeness (QED) is 0.630. The van der Waals surface area contributed by atoms with E-state index in [1.165, 1.54) is 11.1 Å². The van der Waals surface area contributed by atoms with Crippen molar-refractivity contribution in [2.24, 2.45) is 0 Å². The largest absolute Gasteiger partial charge is 0.497 e. The van der Waals surface area contributed by atoms with Crippen molar-refractivity contribution in [1.29, 1.82) is 0 Å². The molecule has 3 aromatic rings. The number of ether oxygens (including phenoxy) is 1. The molecule has 0 saturated carbocycles. The normalized spacial score (nSPS) is 14.6. The van der Waals surface area contributed by atoms with Crippen LogP contribution in [-0.2, 0) is 0 Å². The molecule has 1 fully saturated rings. The first-order valence-electron chi connectivity index (χ1n) is 10.8. The van der Waals surface area contributed by atoms with Crippen molar-refractivity contribution in [2.75, 3.05) is 39.8 Å². The smallest absolute Gasteiger partial charge is 0.272 e. The Balaban J connectivity index is 1.73. The molecule has 0 atom stereocenters. The van der Waals surface area contributed by atoms with Crippen LogP contribution in [0.1, 0.15) is 28.5 Å². The van der Waals surface area contributed by atoms with Gasteiger partial charge in [0.05, 0.1) is 18.5 Å². The summed E-state index contributed by atoms with van der Waals surface area (Å²) in [6, 6.07) is 15.9. The molecule has 162 valence electrons. The van der Waals surface area contributed by atoms with Crippen LogP contribution in [0, 0.1) is 13.8 Å². The third-order valence-corrected chi connectivity index (χ3v) is 6.15. The van der Waals surface area contributed by atoms with E-state index in [2.05, 4.69) is 43.9 Å². The Bertz CT molecular complexity index is 1060. The lowest BCUT2D eigenvalue weighted by Crippen LogP contribution is -2.48. The standard InChI is InChI=1S/C25H30N4O2/c1-5-27-12-14-28(15-13-27)25(30)24-17-23(20-7-6-18(2)19(3)16-20)26-29(24)21-8-10-22(31-4)11-9-21/h6-11,16-17H,5,12-15H2,1-4H3. The average molecular weight is 419 g/mol. The fourth-order valence-corrected chi connectivity index (χ4v) is 3.92. The Labute approximate surface area is 184 Å². The van der Waals surface area contributed by atoms with Crippen molar-refractivity contribution < 1.29 is 9.53 Å². The van der Waals surface area contributed by atoms with Crippen molar-refractivity contribution in [2.45, 2.75) is 20.8 Å². The zero-order valence-corrected chi connectivity index (χ0v) is 18.8. The first kappa shape index (κ1) is 21.1. The van der Waals surface area contributed by atoms with Gasteiger partial charge < -0.3 is 14.5 Å². The number of benzene rings is 2. The van der Waals surface area contributed by atoms with Gasteiger partial charge in [-0.2, -0.15) is 5.10 Å². The summed E-state index contributed by atoms with van der Waals surface area (Å²) in [5, 5.41) is 4.84. The summed E-state index contributed by atoms with van der Waals surface area (Å²) in [7, 11) is 1.64. The zero-order valence-electron chi connectivity index (χ0n) is 18.8. The summed E-state index contributed by atoms with van der Waals surface area (Å²) in [5.74, 6) is 0.794. The van der Waals surface area contributed by atoms with Gasteiger partial charge in [0.25, 0.3) is 5.91 Å². The highest BCUT2D eigenvalue weighted by Crippen LogP contribution is 2.26. The van der Waals surface area contributed by atoms with Crippen molar-refractivity contribution in [3.05, 3.63) is 65.4 Å². The van der Waals surface area contributed by atoms with Gasteiger partial charge in [-0.05, 0) is 67.9 Å². The van der Waals surface area contributed by atoms with Gasteiger partial charge in [-0.1, -0.05) is 19.1 Å². The molecule has 0 spiro atoms. The summed E-state index contributed by atoms with van der Waals surface area (Å²) in [6.07, 6.45) is 0. The van der Waals surface area contributed by atoms with Crippen LogP contribution >= 0.6 is 0 Å². The monoisotopic (exact) mass is 418 g/mol. The molecule has 4 rings (SSSR count). The van der Waals surface area contributed by atoms with E-state index in [0.717, 1.165) is 55.4 Å². The first-order chi connectivity index (χ1) is 15.0. The second kappa shape index (κ2) is 8.94. The first-order valence-corrected chi connectivity index (χ1v) is 10.8. The van der Waals surface area contributed by atoms with Crippen LogP contribution in [0.4, 0.5) is 0 Å². The second-order valence-electron chi connectivity index (χ2n) is 8.05. The van der Waals surface area contributed by atoms with E-state index in [4.69, 9.17) is 9.84 Å². The average Bonchev–Trinajstić information content (AvgIpc) is 3.26. The molecule has 1 saturated heterocycles. The third kappa shape index (κ3) is 4.35. The minimum absolute atomic E-state index is 0.0224. The molecule has 0 bridgehead atoms. The van der Waals surface area contributed by atoms with Crippen molar-refractivity contribution in [3.63, 3.8) is 0 Å². The van der Waals surface area contributed by atoms with Gasteiger partial charge in [0.15, 0.2) is 0 Å². The summed E-state index contributed by atoms with van der Waals surface area (Å²) < 4.78 is 7.05. The minimum Gasteiger partial charge on any atom is -0.497 e. The highest BCUT2D eigenvalue weighted by atomic mass is 16.5. The number of aryl methyl sites for hydroxylation is 2. The molecule has 0 radical (unpaired) electrons. The van der Waals surface area contributed by atoms with Gasteiger partial charge in [-0.3, -0.25) is 4.79 Å². The van der Waals surface area contributed by atoms with Gasteiger partial charge in [0, 0.05) is 31.7 Å². The Morgan fingerprint density at radius 3 is 2.29 bits per heavy atom. The molecule has 6 heteroatoms. The molecular weight excluding hydrogens is 388 g/mol. The van der Waals surface area contributed by atoms with Gasteiger partial charge in [-0.25, -0.2) is 4.68 Å². The topological polar surface area (TPSA) is 50.6 Å². The van der Waals surface area contributed by atoms with E-state index in [1.807, 2.05) is 35.2 Å². The Hall–Kier alpha value is -3.12. The van der Waals surface area contributed by atoms with Gasteiger partial charge in [0.2, 0.25) is 0 Å². The predicted molar refractivity (Wildman–Crippen MR) is 123 cm³/mol. The number of piperazine rings is 1. The minimum atomic E-state index is 0.0224. The number of nitrogens with zero attached hydrogens (tertiary/aromatic N) is 4. The van der Waals surface area contributed by atoms with Crippen molar-refractivity contribution >= 4 is 5.91 Å². The van der Waals surface area contributed by atoms with Crippen molar-refractivity contribution in [1.82, 2.24) is 19.6 Å². The fraction of sp³-hybridized carbons (Fsp3) is 0.360. The third-order valence-electron chi connectivity index (χ3n) is 6.15. The molecule has 0 aliphatic carbocycles. The number of hydrogen-bond acceptors (Lipinski definition) is 4. The molecule has 6 nitrogen and oxygen atoms in total. The fourth-order valence-electron chi connectivity index (χ4n) is 3.92. The molecule has 2 heterocycles. The number of carbonyl (C=O) groups is 1. The Morgan fingerprint density at radius 2 is 1.68 bits per heavy atom. The number of likely N-dealkylation sites (N-methyl/N-ethyl adjacent to an activating group) is 1. The molecule has 1 amide bonds. The lowest BCUT2D eigenvalue weighted by molar-refractivity contribution is 0.0634. The van der Waals surface area contributed by atoms with E-state index in [9.17, 15) is 4.79 Å². The summed E-state index contributed by atoms with van der Waals surface area (Å²) >= 11 is 0. The molecule has 1 aliphatic rings. The van der Waals surface area contributed by atoms with E-state index in [1.54, 1.807) is 11.8 Å². The lowest BCUT2D eigenvalue weighted by atomic mass is 10.0. The van der Waals surface area contributed by atoms with Crippen molar-refractivity contribution in [3.8, 4) is 22.7 Å². The van der Waals surface area contributed by atoms with Crippen LogP contribution < -0.4 is 4.74 Å². The van der Waals surface area contributed by atoms with Crippen LogP contribution in [-0.4, -0.2) is 65.3 Å². The van der Waals surface area contributed by atoms with Crippen LogP contribution in [0.15, 0.2) is 48.5 Å². The van der Waals surface area contributed by atoms with E-state index < -0.39 is 0 Å². The van der Waals surface area contributed by atoms with Crippen LogP contribution in [0.25, 0.3) is 16.9 Å². The second-order valence-corrected chi connectivity index (χ2v) is 8.05. The number of hydrogen-bond donors (Lipinski definition) is 0. The highest BCUT2D eigenvalue weighted by Gasteiger charge is 2.26. The number of amides is 1. The highest BCUT2D eigenvalue weighted by molar-refractivity contribution is 5.94. The molecule has 31 heavy (non-hydrogen) atoms. The van der Waals surface area contributed by atoms with Crippen LogP contribution in [0.3, 0.4) is 0 Å². The summed E-state index contributed by atoms with van der Waals surface area (Å²) in [4.78, 5) is 17.8. The maximum absolute atomic E-state index is 13.5. The van der Waals surface area contributed by atoms with Gasteiger partial charge in [0.1, 0.15) is 11.4 Å². The molecular formula is C25H30N4O2. The molecule has 0 unspecified atom stereocenters. The maximum atomic E-state index is 13.5. The van der Waals surface area contributed by atoms with Gasteiger partial charge >= 0.3 is 0 Å². The van der Waals surface area contributed by atoms with E-state index in [-0.39, 0.29) is 5.91 Å². The number of carbonyl (C=O) groups excluding carboxylic acids is 1. The van der Waals surface area contributed by atoms with Gasteiger partial charge in [-0.15, -0.1) is 0 Å². The van der Waals surface area contributed by atoms with Crippen LogP contribution in [0.2, 0.25) is 0 Å². The Morgan fingerprint density at radius 1 is 0.968 bits per heavy atom. The van der Waals surface area contributed by atoms with E-state index >= 15 is 0 Å². The lowest BCUT2D eigenvalue weighted by Gasteiger charge is -2.34. The molecule has 2 aromatic carbocycles. The van der Waals surface area contributed by atoms with Crippen LogP contribution in [0.5, 0.6) is 5.75 Å². The number of aromatic nitrogens is 2. The maximum Gasteiger partial charge on any atom is 0.272 e. The molecule has 1 aromatic heterocycles. The summed E-state index contributed by atoms with van der Waals surface area (Å²) in [5.41, 5.74) is 5.69. The molecule has 0 N–H and O–H groups in total. The van der Waals surface area contributed by atoms with E-state index in [0.29, 0.717) is 5.69 Å². The molecule has 1 aliphatic heterocycles.